The van der Waals surface area contributed by atoms with Gasteiger partial charge >= 0.3 is 5.97 Å². The Balaban J connectivity index is 1.32. The number of ether oxygens (including phenoxy) is 1. The van der Waals surface area contributed by atoms with Gasteiger partial charge in [0.1, 0.15) is 18.2 Å². The van der Waals surface area contributed by atoms with Gasteiger partial charge in [-0.25, -0.2) is 9.18 Å². The van der Waals surface area contributed by atoms with Gasteiger partial charge in [0.2, 0.25) is 17.7 Å². The van der Waals surface area contributed by atoms with Gasteiger partial charge in [-0.05, 0) is 96.2 Å². The number of nitrogens with one attached hydrogen (secondary N) is 2. The van der Waals surface area contributed by atoms with Crippen molar-refractivity contribution < 1.29 is 38.2 Å². The van der Waals surface area contributed by atoms with Gasteiger partial charge in [-0.1, -0.05) is 52.8 Å². The summed E-state index contributed by atoms with van der Waals surface area (Å²) in [6.45, 7) is 11.5. The van der Waals surface area contributed by atoms with Crippen LogP contribution >= 0.6 is 0 Å². The van der Waals surface area contributed by atoms with Crippen LogP contribution in [0.3, 0.4) is 0 Å². The largest absolute Gasteiger partial charge is 0.492 e. The smallest absolute Gasteiger partial charge is 0.338 e. The molecular formula is C43H58FN5O7. The molecule has 0 saturated heterocycles. The summed E-state index contributed by atoms with van der Waals surface area (Å²) < 4.78 is 19.4. The second-order valence-electron chi connectivity index (χ2n) is 16.3. The highest BCUT2D eigenvalue weighted by atomic mass is 19.1. The summed E-state index contributed by atoms with van der Waals surface area (Å²) in [5, 5.41) is 14.6. The van der Waals surface area contributed by atoms with E-state index in [4.69, 9.17) is 15.6 Å². The van der Waals surface area contributed by atoms with Crippen molar-refractivity contribution in [2.24, 2.45) is 16.6 Å². The van der Waals surface area contributed by atoms with E-state index in [1.54, 1.807) is 48.2 Å². The zero-order chi connectivity index (χ0) is 41.6. The number of carbonyl (C=O) groups excluding carboxylic acids is 4. The van der Waals surface area contributed by atoms with Crippen LogP contribution in [0.5, 0.6) is 5.75 Å². The predicted molar refractivity (Wildman–Crippen MR) is 215 cm³/mol. The van der Waals surface area contributed by atoms with Gasteiger partial charge in [0.05, 0.1) is 18.2 Å². The number of carbonyl (C=O) groups is 5. The number of anilines is 1. The van der Waals surface area contributed by atoms with E-state index in [-0.39, 0.29) is 47.6 Å². The lowest BCUT2D eigenvalue weighted by atomic mass is 9.83. The standard InChI is InChI=1S/C43H58FN5O7/c1-42(2,3)27-36(45)40(53)47-32-13-8-29(9-14-32)20-23-48(6)37(50)18-21-43(4,5)22-19-38(51)49(7)24-25-56-33-15-11-31(12-16-33)39(52)46-28-30-10-17-35(44)34(26-30)41(54)55/h8-17,26,36H,18-25,27-28,45H2,1-7H3,(H,46,52)(H,47,53)(H,54,55)/t36-/m0/s1. The number of nitrogens with two attached hydrogens (primary N) is 1. The second-order valence-corrected chi connectivity index (χ2v) is 16.3. The molecule has 5 N–H and O–H groups in total. The summed E-state index contributed by atoms with van der Waals surface area (Å²) in [5.41, 5.74) is 7.89. The van der Waals surface area contributed by atoms with Crippen molar-refractivity contribution in [2.75, 3.05) is 39.1 Å². The van der Waals surface area contributed by atoms with Crippen LogP contribution in [0, 0.1) is 16.6 Å². The summed E-state index contributed by atoms with van der Waals surface area (Å²) in [6, 6.07) is 17.1. The lowest BCUT2D eigenvalue weighted by Gasteiger charge is -2.27. The molecule has 56 heavy (non-hydrogen) atoms. The van der Waals surface area contributed by atoms with Gasteiger partial charge in [-0.15, -0.1) is 0 Å². The van der Waals surface area contributed by atoms with Gasteiger partial charge in [0.15, 0.2) is 0 Å². The molecule has 3 aromatic carbocycles. The first kappa shape index (κ1) is 45.1. The van der Waals surface area contributed by atoms with Crippen molar-refractivity contribution in [1.29, 1.82) is 0 Å². The van der Waals surface area contributed by atoms with Crippen molar-refractivity contribution in [2.45, 2.75) is 85.7 Å². The van der Waals surface area contributed by atoms with Crippen molar-refractivity contribution in [3.05, 3.63) is 94.8 Å². The third-order valence-electron chi connectivity index (χ3n) is 9.54. The lowest BCUT2D eigenvalue weighted by molar-refractivity contribution is -0.131. The fourth-order valence-corrected chi connectivity index (χ4v) is 5.82. The summed E-state index contributed by atoms with van der Waals surface area (Å²) in [6.07, 6.45) is 3.25. The third-order valence-corrected chi connectivity index (χ3v) is 9.54. The number of amides is 4. The highest BCUT2D eigenvalue weighted by Gasteiger charge is 2.24. The molecule has 4 amide bonds. The van der Waals surface area contributed by atoms with E-state index in [9.17, 15) is 28.4 Å². The van der Waals surface area contributed by atoms with E-state index in [2.05, 4.69) is 24.5 Å². The number of aromatic carboxylic acids is 1. The SMILES string of the molecule is CN(CCOc1ccc(C(=O)NCc2ccc(F)c(C(=O)O)c2)cc1)C(=O)CCC(C)(C)CCC(=O)N(C)CCc1ccc(NC(=O)[C@@H](N)CC(C)(C)C)cc1. The molecule has 0 heterocycles. The van der Waals surface area contributed by atoms with Gasteiger partial charge in [-0.2, -0.15) is 0 Å². The topological polar surface area (TPSA) is 171 Å². The lowest BCUT2D eigenvalue weighted by Crippen LogP contribution is -2.38. The van der Waals surface area contributed by atoms with E-state index in [0.717, 1.165) is 11.6 Å². The molecule has 0 unspecified atom stereocenters. The number of nitrogens with zero attached hydrogens (tertiary/aromatic N) is 2. The van der Waals surface area contributed by atoms with Crippen LogP contribution in [-0.2, 0) is 27.3 Å². The van der Waals surface area contributed by atoms with Gasteiger partial charge in [-0.3, -0.25) is 19.2 Å². The van der Waals surface area contributed by atoms with Crippen LogP contribution in [-0.4, -0.2) is 84.3 Å². The highest BCUT2D eigenvalue weighted by Crippen LogP contribution is 2.29. The molecule has 0 saturated carbocycles. The molecule has 13 heteroatoms. The third kappa shape index (κ3) is 15.4. The molecule has 0 aromatic heterocycles. The summed E-state index contributed by atoms with van der Waals surface area (Å²) in [4.78, 5) is 65.3. The molecule has 3 rings (SSSR count). The van der Waals surface area contributed by atoms with E-state index in [1.165, 1.54) is 12.1 Å². The maximum Gasteiger partial charge on any atom is 0.338 e. The highest BCUT2D eigenvalue weighted by molar-refractivity contribution is 5.95. The Hall–Kier alpha value is -5.30. The molecular weight excluding hydrogens is 717 g/mol. The van der Waals surface area contributed by atoms with E-state index >= 15 is 0 Å². The Morgan fingerprint density at radius 3 is 1.96 bits per heavy atom. The molecule has 0 aliphatic rings. The molecule has 3 aromatic rings. The number of rotatable bonds is 20. The number of carboxylic acid groups (broad SMARTS) is 1. The maximum absolute atomic E-state index is 13.6. The number of carboxylic acids is 1. The zero-order valence-electron chi connectivity index (χ0n) is 33.7. The quantitative estimate of drug-likeness (QED) is 0.104. The van der Waals surface area contributed by atoms with Crippen LogP contribution in [0.4, 0.5) is 10.1 Å². The van der Waals surface area contributed by atoms with Crippen molar-refractivity contribution >= 4 is 35.3 Å². The average molecular weight is 776 g/mol. The first-order valence-electron chi connectivity index (χ1n) is 18.9. The summed E-state index contributed by atoms with van der Waals surface area (Å²) >= 11 is 0. The maximum atomic E-state index is 13.6. The van der Waals surface area contributed by atoms with E-state index in [0.29, 0.717) is 74.2 Å². The zero-order valence-corrected chi connectivity index (χ0v) is 33.7. The number of likely N-dealkylation sites (N-methyl/N-ethyl adjacent to an activating group) is 2. The molecule has 0 aliphatic carbocycles. The first-order valence-corrected chi connectivity index (χ1v) is 18.9. The van der Waals surface area contributed by atoms with Crippen LogP contribution < -0.4 is 21.1 Å². The number of halogens is 1. The molecule has 12 nitrogen and oxygen atoms in total. The summed E-state index contributed by atoms with van der Waals surface area (Å²) in [5.74, 6) is -2.27. The number of benzene rings is 3. The normalized spacial score (nSPS) is 12.0. The Bertz CT molecular complexity index is 1810. The Labute approximate surface area is 330 Å². The molecule has 0 bridgehead atoms. The molecule has 0 radical (unpaired) electrons. The van der Waals surface area contributed by atoms with Crippen molar-refractivity contribution in [3.8, 4) is 5.75 Å². The fraction of sp³-hybridized carbons (Fsp3) is 0.465. The minimum absolute atomic E-state index is 0.0212. The predicted octanol–water partition coefficient (Wildman–Crippen LogP) is 6.28. The second kappa shape index (κ2) is 20.6. The fourth-order valence-electron chi connectivity index (χ4n) is 5.82. The molecule has 0 aliphatic heterocycles. The minimum atomic E-state index is -1.38. The first-order chi connectivity index (χ1) is 26.2. The van der Waals surface area contributed by atoms with Gasteiger partial charge in [0, 0.05) is 51.3 Å². The Morgan fingerprint density at radius 2 is 1.39 bits per heavy atom. The van der Waals surface area contributed by atoms with E-state index in [1.807, 2.05) is 45.0 Å². The van der Waals surface area contributed by atoms with Crippen molar-refractivity contribution in [3.63, 3.8) is 0 Å². The monoisotopic (exact) mass is 775 g/mol. The van der Waals surface area contributed by atoms with Crippen LogP contribution in [0.15, 0.2) is 66.7 Å². The Morgan fingerprint density at radius 1 is 0.821 bits per heavy atom. The molecule has 0 spiro atoms. The number of hydrogen-bond donors (Lipinski definition) is 4. The van der Waals surface area contributed by atoms with E-state index < -0.39 is 23.4 Å². The minimum Gasteiger partial charge on any atom is -0.492 e. The van der Waals surface area contributed by atoms with Crippen molar-refractivity contribution in [1.82, 2.24) is 15.1 Å². The molecule has 0 fully saturated rings. The molecule has 1 atom stereocenters. The van der Waals surface area contributed by atoms with Crippen LogP contribution in [0.2, 0.25) is 0 Å². The van der Waals surface area contributed by atoms with Crippen LogP contribution in [0.25, 0.3) is 0 Å². The summed E-state index contributed by atoms with van der Waals surface area (Å²) in [7, 11) is 3.52. The van der Waals surface area contributed by atoms with Gasteiger partial charge in [0.25, 0.3) is 5.91 Å². The number of hydrogen-bond acceptors (Lipinski definition) is 7. The van der Waals surface area contributed by atoms with Gasteiger partial charge < -0.3 is 36.0 Å². The average Bonchev–Trinajstić information content (AvgIpc) is 3.14. The molecule has 304 valence electrons. The van der Waals surface area contributed by atoms with Crippen LogP contribution in [0.1, 0.15) is 98.6 Å². The Kier molecular flexibility index (Phi) is 16.6.